The van der Waals surface area contributed by atoms with E-state index in [1.165, 1.54) is 19.3 Å². The number of hydrogen-bond acceptors (Lipinski definition) is 4. The van der Waals surface area contributed by atoms with Crippen LogP contribution in [0, 0.1) is 0 Å². The Morgan fingerprint density at radius 3 is 2.47 bits per heavy atom. The van der Waals surface area contributed by atoms with Crippen molar-refractivity contribution in [3.8, 4) is 0 Å². The number of nitrogens with zero attached hydrogens (tertiary/aromatic N) is 3. The van der Waals surface area contributed by atoms with E-state index in [4.69, 9.17) is 11.6 Å². The summed E-state index contributed by atoms with van der Waals surface area (Å²) >= 11 is 6.07. The number of rotatable bonds is 3. The Bertz CT molecular complexity index is 425. The molecule has 0 aliphatic carbocycles. The van der Waals surface area contributed by atoms with Gasteiger partial charge in [-0.15, -0.1) is 0 Å². The fourth-order valence-electron chi connectivity index (χ4n) is 2.52. The van der Waals surface area contributed by atoms with Crippen molar-refractivity contribution < 1.29 is 0 Å². The monoisotopic (exact) mass is 282 g/mol. The number of halogens is 1. The molecule has 2 rings (SSSR count). The summed E-state index contributed by atoms with van der Waals surface area (Å²) in [6, 6.07) is 2.82. The minimum atomic E-state index is 0.274. The second-order valence-corrected chi connectivity index (χ2v) is 6.12. The topological polar surface area (TPSA) is 41.1 Å². The van der Waals surface area contributed by atoms with E-state index in [9.17, 15) is 0 Å². The quantitative estimate of drug-likeness (QED) is 0.855. The third kappa shape index (κ3) is 3.57. The van der Waals surface area contributed by atoms with Crippen molar-refractivity contribution in [2.45, 2.75) is 65.0 Å². The highest BCUT2D eigenvalue weighted by Crippen LogP contribution is 2.24. The molecule has 1 aliphatic rings. The van der Waals surface area contributed by atoms with Gasteiger partial charge in [0.15, 0.2) is 0 Å². The summed E-state index contributed by atoms with van der Waals surface area (Å²) in [5.74, 6) is 1.85. The summed E-state index contributed by atoms with van der Waals surface area (Å²) in [6.45, 7) is 8.63. The Morgan fingerprint density at radius 2 is 1.89 bits per heavy atom. The van der Waals surface area contributed by atoms with Crippen LogP contribution in [0.1, 0.15) is 58.7 Å². The molecule has 2 heterocycles. The molecule has 1 aliphatic heterocycles. The Morgan fingerprint density at radius 1 is 1.26 bits per heavy atom. The summed E-state index contributed by atoms with van der Waals surface area (Å²) in [5, 5.41) is 2.78. The molecule has 0 bridgehead atoms. The zero-order valence-electron chi connectivity index (χ0n) is 12.2. The maximum atomic E-state index is 6.07. The van der Waals surface area contributed by atoms with Crippen molar-refractivity contribution in [3.05, 3.63) is 17.0 Å². The molecule has 1 fully saturated rings. The van der Waals surface area contributed by atoms with Crippen LogP contribution in [0.2, 0.25) is 5.15 Å². The van der Waals surface area contributed by atoms with Crippen molar-refractivity contribution in [2.24, 2.45) is 0 Å². The predicted octanol–water partition coefficient (Wildman–Crippen LogP) is 3.84. The van der Waals surface area contributed by atoms with Crippen molar-refractivity contribution in [1.29, 1.82) is 0 Å². The zero-order chi connectivity index (χ0) is 14.0. The lowest BCUT2D eigenvalue weighted by atomic mass is 10.00. The van der Waals surface area contributed by atoms with Gasteiger partial charge in [-0.05, 0) is 26.7 Å². The third-order valence-corrected chi connectivity index (χ3v) is 3.86. The molecule has 19 heavy (non-hydrogen) atoms. The predicted molar refractivity (Wildman–Crippen MR) is 79.4 cm³/mol. The van der Waals surface area contributed by atoms with E-state index < -0.39 is 0 Å². The minimum Gasteiger partial charge on any atom is -0.302 e. The average molecular weight is 283 g/mol. The van der Waals surface area contributed by atoms with Gasteiger partial charge in [-0.25, -0.2) is 15.0 Å². The molecule has 0 saturated carbocycles. The molecule has 1 aromatic rings. The fourth-order valence-corrected chi connectivity index (χ4v) is 2.71. The lowest BCUT2D eigenvalue weighted by molar-refractivity contribution is 0.135. The number of hydrazine groups is 1. The first-order valence-corrected chi connectivity index (χ1v) is 7.44. The molecule has 0 amide bonds. The third-order valence-electron chi connectivity index (χ3n) is 3.67. The average Bonchev–Trinajstić information content (AvgIpc) is 2.33. The SMILES string of the molecule is CC(C)c1nc(Cl)cc(NN2C(C)CCCC2C)n1. The minimum absolute atomic E-state index is 0.274. The summed E-state index contributed by atoms with van der Waals surface area (Å²) in [5.41, 5.74) is 3.41. The van der Waals surface area contributed by atoms with Gasteiger partial charge in [0.25, 0.3) is 0 Å². The molecule has 1 saturated heterocycles. The van der Waals surface area contributed by atoms with Crippen molar-refractivity contribution >= 4 is 17.4 Å². The molecule has 1 N–H and O–H groups in total. The Balaban J connectivity index is 2.17. The van der Waals surface area contributed by atoms with Crippen LogP contribution in [0.3, 0.4) is 0 Å². The van der Waals surface area contributed by atoms with Crippen molar-refractivity contribution in [3.63, 3.8) is 0 Å². The summed E-state index contributed by atoms with van der Waals surface area (Å²) in [4.78, 5) is 8.81. The molecule has 2 atom stereocenters. The number of nitrogens with one attached hydrogen (secondary N) is 1. The number of piperidine rings is 1. The lowest BCUT2D eigenvalue weighted by Crippen LogP contribution is -2.47. The first-order chi connectivity index (χ1) is 8.97. The summed E-state index contributed by atoms with van der Waals surface area (Å²) in [7, 11) is 0. The Kier molecular flexibility index (Phi) is 4.63. The van der Waals surface area contributed by atoms with E-state index in [0.717, 1.165) is 11.6 Å². The largest absolute Gasteiger partial charge is 0.302 e. The highest BCUT2D eigenvalue weighted by atomic mass is 35.5. The van der Waals surface area contributed by atoms with Crippen molar-refractivity contribution in [1.82, 2.24) is 15.0 Å². The van der Waals surface area contributed by atoms with E-state index in [1.807, 2.05) is 0 Å². The summed E-state index contributed by atoms with van der Waals surface area (Å²) in [6.07, 6.45) is 3.72. The highest BCUT2D eigenvalue weighted by Gasteiger charge is 2.25. The van der Waals surface area contributed by atoms with Gasteiger partial charge in [-0.2, -0.15) is 0 Å². The number of hydrogen-bond donors (Lipinski definition) is 1. The first kappa shape index (κ1) is 14.5. The molecule has 5 heteroatoms. The molecular weight excluding hydrogens is 260 g/mol. The van der Waals surface area contributed by atoms with E-state index >= 15 is 0 Å². The lowest BCUT2D eigenvalue weighted by Gasteiger charge is -2.39. The van der Waals surface area contributed by atoms with Crippen LogP contribution >= 0.6 is 11.6 Å². The van der Waals surface area contributed by atoms with Gasteiger partial charge in [-0.1, -0.05) is 31.9 Å². The van der Waals surface area contributed by atoms with E-state index in [0.29, 0.717) is 17.2 Å². The molecule has 0 radical (unpaired) electrons. The summed E-state index contributed by atoms with van der Waals surface area (Å²) < 4.78 is 0. The molecule has 1 aromatic heterocycles. The van der Waals surface area contributed by atoms with Gasteiger partial charge in [0, 0.05) is 24.1 Å². The molecule has 0 aromatic carbocycles. The van der Waals surface area contributed by atoms with E-state index in [2.05, 4.69) is 48.1 Å². The van der Waals surface area contributed by atoms with Crippen molar-refractivity contribution in [2.75, 3.05) is 5.43 Å². The Labute approximate surface area is 120 Å². The second-order valence-electron chi connectivity index (χ2n) is 5.74. The van der Waals surface area contributed by atoms with E-state index in [1.54, 1.807) is 6.07 Å². The van der Waals surface area contributed by atoms with Crippen LogP contribution in [0.15, 0.2) is 6.07 Å². The standard InChI is InChI=1S/C14H23ClN4/c1-9(2)14-16-12(15)8-13(17-14)18-19-10(3)6-5-7-11(19)4/h8-11H,5-7H2,1-4H3,(H,16,17,18). The molecule has 4 nitrogen and oxygen atoms in total. The second kappa shape index (κ2) is 6.06. The zero-order valence-corrected chi connectivity index (χ0v) is 12.9. The van der Waals surface area contributed by atoms with Crippen LogP contribution < -0.4 is 5.43 Å². The normalized spacial score (nSPS) is 24.7. The Hall–Kier alpha value is -0.870. The van der Waals surface area contributed by atoms with Crippen LogP contribution in [0.25, 0.3) is 0 Å². The van der Waals surface area contributed by atoms with Crippen LogP contribution in [-0.4, -0.2) is 27.1 Å². The van der Waals surface area contributed by atoms with Crippen LogP contribution in [0.5, 0.6) is 0 Å². The van der Waals surface area contributed by atoms with Gasteiger partial charge in [0.2, 0.25) is 0 Å². The number of anilines is 1. The molecule has 106 valence electrons. The molecule has 2 unspecified atom stereocenters. The molecule has 0 spiro atoms. The van der Waals surface area contributed by atoms with Gasteiger partial charge in [0.1, 0.15) is 16.8 Å². The van der Waals surface area contributed by atoms with Gasteiger partial charge < -0.3 is 5.43 Å². The van der Waals surface area contributed by atoms with E-state index in [-0.39, 0.29) is 5.92 Å². The maximum absolute atomic E-state index is 6.07. The van der Waals surface area contributed by atoms with Gasteiger partial charge in [0.05, 0.1) is 0 Å². The fraction of sp³-hybridized carbons (Fsp3) is 0.714. The van der Waals surface area contributed by atoms with Gasteiger partial charge >= 0.3 is 0 Å². The first-order valence-electron chi connectivity index (χ1n) is 7.07. The van der Waals surface area contributed by atoms with Gasteiger partial charge in [-0.3, -0.25) is 0 Å². The van der Waals surface area contributed by atoms with Crippen LogP contribution in [0.4, 0.5) is 5.82 Å². The highest BCUT2D eigenvalue weighted by molar-refractivity contribution is 6.29. The smallest absolute Gasteiger partial charge is 0.145 e. The van der Waals surface area contributed by atoms with Crippen LogP contribution in [-0.2, 0) is 0 Å². The number of aromatic nitrogens is 2. The maximum Gasteiger partial charge on any atom is 0.145 e. The molecular formula is C14H23ClN4.